The predicted molar refractivity (Wildman–Crippen MR) is 77.1 cm³/mol. The number of thiocarbonyl (C=S) groups is 1. The molecule has 2 saturated carbocycles. The largest absolute Gasteiger partial charge is 0.392 e. The van der Waals surface area contributed by atoms with Gasteiger partial charge in [-0.15, -0.1) is 0 Å². The molecule has 3 nitrogen and oxygen atoms in total. The summed E-state index contributed by atoms with van der Waals surface area (Å²) in [5, 5.41) is 3.12. The molecule has 4 unspecified atom stereocenters. The van der Waals surface area contributed by atoms with E-state index in [0.717, 1.165) is 11.8 Å². The quantitative estimate of drug-likeness (QED) is 0.769. The number of rotatable bonds is 4. The summed E-state index contributed by atoms with van der Waals surface area (Å²) < 4.78 is 0. The second-order valence-electron chi connectivity index (χ2n) is 6.59. The van der Waals surface area contributed by atoms with E-state index in [9.17, 15) is 4.79 Å². The molecule has 2 bridgehead atoms. The summed E-state index contributed by atoms with van der Waals surface area (Å²) in [6, 6.07) is 0.237. The fraction of sp³-hybridized carbons (Fsp3) is 0.857. The first kappa shape index (κ1) is 13.8. The Balaban J connectivity index is 1.94. The van der Waals surface area contributed by atoms with Crippen molar-refractivity contribution in [1.29, 1.82) is 0 Å². The van der Waals surface area contributed by atoms with Gasteiger partial charge in [0.1, 0.15) is 0 Å². The Labute approximate surface area is 115 Å². The molecule has 0 aliphatic heterocycles. The molecule has 4 atom stereocenters. The molecule has 2 rings (SSSR count). The van der Waals surface area contributed by atoms with Crippen LogP contribution < -0.4 is 11.1 Å². The van der Waals surface area contributed by atoms with Crippen LogP contribution in [-0.2, 0) is 4.79 Å². The van der Waals surface area contributed by atoms with Crippen LogP contribution in [0.15, 0.2) is 0 Å². The molecule has 1 amide bonds. The van der Waals surface area contributed by atoms with Crippen molar-refractivity contribution in [2.45, 2.75) is 52.5 Å². The van der Waals surface area contributed by atoms with Crippen LogP contribution in [0.4, 0.5) is 0 Å². The fourth-order valence-electron chi connectivity index (χ4n) is 3.51. The molecule has 18 heavy (non-hydrogen) atoms. The van der Waals surface area contributed by atoms with Crippen LogP contribution in [0.2, 0.25) is 0 Å². The van der Waals surface area contributed by atoms with Crippen molar-refractivity contribution in [3.05, 3.63) is 0 Å². The van der Waals surface area contributed by atoms with Gasteiger partial charge in [0.2, 0.25) is 5.91 Å². The van der Waals surface area contributed by atoms with Crippen LogP contribution >= 0.6 is 12.2 Å². The average Bonchev–Trinajstić information content (AvgIpc) is 2.89. The summed E-state index contributed by atoms with van der Waals surface area (Å²) in [5.74, 6) is 2.33. The number of fused-ring (bicyclic) bond motifs is 2. The molecule has 2 fully saturated rings. The highest BCUT2D eigenvalue weighted by Gasteiger charge is 2.43. The van der Waals surface area contributed by atoms with Gasteiger partial charge in [-0.05, 0) is 57.8 Å². The van der Waals surface area contributed by atoms with Gasteiger partial charge in [-0.1, -0.05) is 18.6 Å². The molecule has 2 aliphatic rings. The van der Waals surface area contributed by atoms with Crippen molar-refractivity contribution in [1.82, 2.24) is 5.32 Å². The van der Waals surface area contributed by atoms with Crippen molar-refractivity contribution in [3.63, 3.8) is 0 Å². The van der Waals surface area contributed by atoms with Gasteiger partial charge >= 0.3 is 0 Å². The topological polar surface area (TPSA) is 55.1 Å². The Kier molecular flexibility index (Phi) is 3.67. The Bertz CT molecular complexity index is 367. The minimum atomic E-state index is -0.749. The fourth-order valence-corrected chi connectivity index (χ4v) is 3.61. The zero-order valence-electron chi connectivity index (χ0n) is 11.5. The predicted octanol–water partition coefficient (Wildman–Crippen LogP) is 2.24. The Morgan fingerprint density at radius 1 is 1.39 bits per heavy atom. The number of nitrogens with two attached hydrogens (primary N) is 1. The first-order valence-electron chi connectivity index (χ1n) is 6.93. The number of hydrogen-bond donors (Lipinski definition) is 2. The zero-order chi connectivity index (χ0) is 13.5. The molecule has 102 valence electrons. The monoisotopic (exact) mass is 268 g/mol. The second-order valence-corrected chi connectivity index (χ2v) is 7.03. The third-order valence-corrected chi connectivity index (χ3v) is 5.49. The van der Waals surface area contributed by atoms with Gasteiger partial charge in [-0.3, -0.25) is 4.79 Å². The van der Waals surface area contributed by atoms with E-state index >= 15 is 0 Å². The Morgan fingerprint density at radius 3 is 2.50 bits per heavy atom. The molecule has 3 N–H and O–H groups in total. The highest BCUT2D eigenvalue weighted by Crippen LogP contribution is 2.49. The highest BCUT2D eigenvalue weighted by molar-refractivity contribution is 7.80. The van der Waals surface area contributed by atoms with E-state index in [0.29, 0.717) is 5.92 Å². The lowest BCUT2D eigenvalue weighted by molar-refractivity contribution is -0.127. The smallest absolute Gasteiger partial charge is 0.232 e. The summed E-state index contributed by atoms with van der Waals surface area (Å²) in [5.41, 5.74) is 4.88. The van der Waals surface area contributed by atoms with Crippen LogP contribution in [0, 0.1) is 23.2 Å². The minimum absolute atomic E-state index is 0.0368. The van der Waals surface area contributed by atoms with Crippen LogP contribution in [0.1, 0.15) is 46.5 Å². The van der Waals surface area contributed by atoms with Gasteiger partial charge in [0.25, 0.3) is 0 Å². The molecule has 0 spiro atoms. The van der Waals surface area contributed by atoms with Gasteiger partial charge in [0.05, 0.1) is 10.4 Å². The number of carbonyl (C=O) groups excluding carboxylic acids is 1. The van der Waals surface area contributed by atoms with Crippen LogP contribution in [0.5, 0.6) is 0 Å². The van der Waals surface area contributed by atoms with Crippen molar-refractivity contribution in [2.75, 3.05) is 0 Å². The molecule has 0 radical (unpaired) electrons. The number of amides is 1. The molecule has 0 saturated heterocycles. The standard InChI is InChI=1S/C14H24N2OS/c1-8(11-7-9-4-5-10(11)6-9)16-13(17)14(2,3)12(15)18/h8-11H,4-7H2,1-3H3,(H2,15,18)(H,16,17). The molecule has 0 aromatic carbocycles. The first-order valence-corrected chi connectivity index (χ1v) is 7.34. The van der Waals surface area contributed by atoms with Crippen molar-refractivity contribution >= 4 is 23.1 Å². The number of hydrogen-bond acceptors (Lipinski definition) is 2. The SMILES string of the molecule is CC(NC(=O)C(C)(C)C(N)=S)C1CC2CCC1C2. The first-order chi connectivity index (χ1) is 8.32. The maximum absolute atomic E-state index is 12.2. The van der Waals surface area contributed by atoms with Gasteiger partial charge in [-0.2, -0.15) is 0 Å². The third kappa shape index (κ3) is 2.40. The summed E-state index contributed by atoms with van der Waals surface area (Å²) in [7, 11) is 0. The van der Waals surface area contributed by atoms with E-state index < -0.39 is 5.41 Å². The molecule has 0 aromatic rings. The van der Waals surface area contributed by atoms with Gasteiger partial charge in [-0.25, -0.2) is 0 Å². The van der Waals surface area contributed by atoms with Crippen molar-refractivity contribution in [2.24, 2.45) is 28.9 Å². The summed E-state index contributed by atoms with van der Waals surface area (Å²) in [6.07, 6.45) is 5.37. The van der Waals surface area contributed by atoms with Crippen molar-refractivity contribution in [3.8, 4) is 0 Å². The Hall–Kier alpha value is -0.640. The van der Waals surface area contributed by atoms with E-state index in [1.54, 1.807) is 13.8 Å². The van der Waals surface area contributed by atoms with Gasteiger partial charge < -0.3 is 11.1 Å². The lowest BCUT2D eigenvalue weighted by Crippen LogP contribution is -2.50. The van der Waals surface area contributed by atoms with Gasteiger partial charge in [0.15, 0.2) is 0 Å². The molecule has 0 heterocycles. The molecule has 4 heteroatoms. The van der Waals surface area contributed by atoms with E-state index in [2.05, 4.69) is 12.2 Å². The van der Waals surface area contributed by atoms with Crippen molar-refractivity contribution < 1.29 is 4.79 Å². The van der Waals surface area contributed by atoms with Crippen LogP contribution in [-0.4, -0.2) is 16.9 Å². The molecule has 0 aromatic heterocycles. The summed E-state index contributed by atoms with van der Waals surface area (Å²) >= 11 is 4.97. The van der Waals surface area contributed by atoms with E-state index in [-0.39, 0.29) is 16.9 Å². The summed E-state index contributed by atoms with van der Waals surface area (Å²) in [4.78, 5) is 12.5. The van der Waals surface area contributed by atoms with E-state index in [1.807, 2.05) is 0 Å². The minimum Gasteiger partial charge on any atom is -0.392 e. The maximum Gasteiger partial charge on any atom is 0.232 e. The summed E-state index contributed by atoms with van der Waals surface area (Å²) in [6.45, 7) is 5.70. The molecule has 2 aliphatic carbocycles. The molecular weight excluding hydrogens is 244 g/mol. The Morgan fingerprint density at radius 2 is 2.06 bits per heavy atom. The van der Waals surface area contributed by atoms with E-state index in [4.69, 9.17) is 18.0 Å². The lowest BCUT2D eigenvalue weighted by Gasteiger charge is -2.31. The normalized spacial score (nSPS) is 32.3. The second kappa shape index (κ2) is 4.80. The average molecular weight is 268 g/mol. The van der Waals surface area contributed by atoms with Crippen LogP contribution in [0.25, 0.3) is 0 Å². The lowest BCUT2D eigenvalue weighted by atomic mass is 9.83. The molecular formula is C14H24N2OS. The maximum atomic E-state index is 12.2. The highest BCUT2D eigenvalue weighted by atomic mass is 32.1. The third-order valence-electron chi connectivity index (χ3n) is 4.98. The number of carbonyl (C=O) groups is 1. The van der Waals surface area contributed by atoms with Gasteiger partial charge in [0, 0.05) is 6.04 Å². The number of nitrogens with one attached hydrogen (secondary N) is 1. The van der Waals surface area contributed by atoms with Crippen LogP contribution in [0.3, 0.4) is 0 Å². The zero-order valence-corrected chi connectivity index (χ0v) is 12.3. The van der Waals surface area contributed by atoms with E-state index in [1.165, 1.54) is 25.7 Å².